The Morgan fingerprint density at radius 1 is 1.24 bits per heavy atom. The van der Waals surface area contributed by atoms with Crippen LogP contribution < -0.4 is 10.1 Å². The Morgan fingerprint density at radius 3 is 2.71 bits per heavy atom. The van der Waals surface area contributed by atoms with Gasteiger partial charge in [0.05, 0.1) is 13.7 Å². The zero-order valence-electron chi connectivity index (χ0n) is 10.5. The van der Waals surface area contributed by atoms with Crippen molar-refractivity contribution in [2.24, 2.45) is 0 Å². The minimum atomic E-state index is 0.792. The predicted molar refractivity (Wildman–Crippen MR) is 70.6 cm³/mol. The van der Waals surface area contributed by atoms with Gasteiger partial charge >= 0.3 is 0 Å². The van der Waals surface area contributed by atoms with Crippen LogP contribution in [0, 0.1) is 13.8 Å². The number of benzene rings is 1. The maximum absolute atomic E-state index is 5.41. The second-order valence-corrected chi connectivity index (χ2v) is 4.14. The Balaban J connectivity index is 2.16. The fourth-order valence-corrected chi connectivity index (χ4v) is 2.00. The van der Waals surface area contributed by atoms with Gasteiger partial charge in [-0.1, -0.05) is 6.07 Å². The molecule has 1 aromatic heterocycles. The summed E-state index contributed by atoms with van der Waals surface area (Å²) in [4.78, 5) is 3.17. The van der Waals surface area contributed by atoms with Crippen molar-refractivity contribution in [1.82, 2.24) is 4.98 Å². The van der Waals surface area contributed by atoms with Gasteiger partial charge < -0.3 is 15.0 Å². The number of aromatic amines is 1. The van der Waals surface area contributed by atoms with Crippen molar-refractivity contribution in [3.8, 4) is 5.75 Å². The number of methoxy groups -OCH3 is 1. The molecule has 0 spiro atoms. The highest BCUT2D eigenvalue weighted by molar-refractivity contribution is 5.59. The third kappa shape index (κ3) is 2.44. The molecule has 0 radical (unpaired) electrons. The summed E-state index contributed by atoms with van der Waals surface area (Å²) in [6, 6.07) is 8.23. The minimum Gasteiger partial charge on any atom is -0.496 e. The van der Waals surface area contributed by atoms with Gasteiger partial charge in [0.15, 0.2) is 0 Å². The maximum atomic E-state index is 5.41. The first-order valence-electron chi connectivity index (χ1n) is 5.72. The average Bonchev–Trinajstić information content (AvgIpc) is 2.82. The monoisotopic (exact) mass is 230 g/mol. The topological polar surface area (TPSA) is 37.0 Å². The van der Waals surface area contributed by atoms with Gasteiger partial charge in [-0.3, -0.25) is 0 Å². The highest BCUT2D eigenvalue weighted by Crippen LogP contribution is 2.29. The number of nitrogens with one attached hydrogen (secondary N) is 2. The van der Waals surface area contributed by atoms with E-state index < -0.39 is 0 Å². The van der Waals surface area contributed by atoms with Crippen LogP contribution in [-0.2, 0) is 6.54 Å². The molecule has 1 heterocycles. The minimum absolute atomic E-state index is 0.792. The molecule has 2 aromatic rings. The van der Waals surface area contributed by atoms with Crippen LogP contribution in [0.25, 0.3) is 0 Å². The molecule has 0 bridgehead atoms. The summed E-state index contributed by atoms with van der Waals surface area (Å²) in [7, 11) is 1.71. The Morgan fingerprint density at radius 2 is 2.06 bits per heavy atom. The lowest BCUT2D eigenvalue weighted by Gasteiger charge is -2.14. The van der Waals surface area contributed by atoms with E-state index in [1.54, 1.807) is 7.11 Å². The van der Waals surface area contributed by atoms with Gasteiger partial charge in [-0.15, -0.1) is 0 Å². The predicted octanol–water partition coefficient (Wildman–Crippen LogP) is 3.25. The van der Waals surface area contributed by atoms with Gasteiger partial charge in [-0.05, 0) is 37.6 Å². The summed E-state index contributed by atoms with van der Waals surface area (Å²) in [6.45, 7) is 4.92. The van der Waals surface area contributed by atoms with Crippen LogP contribution in [0.2, 0.25) is 0 Å². The summed E-state index contributed by atoms with van der Waals surface area (Å²) in [5, 5.41) is 3.41. The summed E-state index contributed by atoms with van der Waals surface area (Å²) in [5.74, 6) is 0.960. The number of hydrogen-bond donors (Lipinski definition) is 2. The smallest absolute Gasteiger partial charge is 0.126 e. The molecule has 0 amide bonds. The molecule has 1 aromatic carbocycles. The molecule has 3 heteroatoms. The first-order valence-corrected chi connectivity index (χ1v) is 5.72. The van der Waals surface area contributed by atoms with Crippen molar-refractivity contribution in [3.05, 3.63) is 47.3 Å². The van der Waals surface area contributed by atoms with Crippen LogP contribution in [-0.4, -0.2) is 12.1 Å². The second-order valence-electron chi connectivity index (χ2n) is 4.14. The van der Waals surface area contributed by atoms with Crippen molar-refractivity contribution >= 4 is 5.69 Å². The Labute approximate surface area is 102 Å². The molecule has 0 unspecified atom stereocenters. The van der Waals surface area contributed by atoms with Crippen LogP contribution in [0.3, 0.4) is 0 Å². The van der Waals surface area contributed by atoms with Gasteiger partial charge in [0.1, 0.15) is 5.75 Å². The van der Waals surface area contributed by atoms with E-state index in [4.69, 9.17) is 4.74 Å². The first-order chi connectivity index (χ1) is 8.22. The fraction of sp³-hybridized carbons (Fsp3) is 0.286. The number of hydrogen-bond acceptors (Lipinski definition) is 2. The summed E-state index contributed by atoms with van der Waals surface area (Å²) >= 11 is 0. The largest absolute Gasteiger partial charge is 0.496 e. The third-order valence-electron chi connectivity index (χ3n) is 2.94. The van der Waals surface area contributed by atoms with Crippen molar-refractivity contribution in [3.63, 3.8) is 0 Å². The molecule has 0 aliphatic heterocycles. The van der Waals surface area contributed by atoms with Gasteiger partial charge in [0.2, 0.25) is 0 Å². The molecule has 0 saturated carbocycles. The molecule has 3 nitrogen and oxygen atoms in total. The molecular formula is C14H18N2O. The molecule has 0 aliphatic rings. The van der Waals surface area contributed by atoms with Crippen LogP contribution in [0.4, 0.5) is 5.69 Å². The van der Waals surface area contributed by atoms with Gasteiger partial charge in [0.25, 0.3) is 0 Å². The van der Waals surface area contributed by atoms with Gasteiger partial charge in [-0.2, -0.15) is 0 Å². The maximum Gasteiger partial charge on any atom is 0.126 e. The zero-order chi connectivity index (χ0) is 12.3. The van der Waals surface area contributed by atoms with E-state index in [9.17, 15) is 0 Å². The SMILES string of the molecule is COc1c(C)ccc(NCc2ccc[nH]2)c1C. The van der Waals surface area contributed by atoms with Crippen LogP contribution in [0.5, 0.6) is 5.75 Å². The average molecular weight is 230 g/mol. The number of ether oxygens (including phenoxy) is 1. The number of rotatable bonds is 4. The molecule has 90 valence electrons. The Hall–Kier alpha value is -1.90. The van der Waals surface area contributed by atoms with E-state index in [1.807, 2.05) is 12.3 Å². The molecule has 2 rings (SSSR count). The van der Waals surface area contributed by atoms with E-state index in [2.05, 4.69) is 42.3 Å². The quantitative estimate of drug-likeness (QED) is 0.846. The molecule has 0 fully saturated rings. The number of aryl methyl sites for hydroxylation is 1. The van der Waals surface area contributed by atoms with E-state index in [0.717, 1.165) is 29.1 Å². The van der Waals surface area contributed by atoms with Gasteiger partial charge in [-0.25, -0.2) is 0 Å². The summed E-state index contributed by atoms with van der Waals surface area (Å²) in [5.41, 5.74) is 4.60. The van der Waals surface area contributed by atoms with E-state index in [-0.39, 0.29) is 0 Å². The van der Waals surface area contributed by atoms with Crippen molar-refractivity contribution in [2.45, 2.75) is 20.4 Å². The fourth-order valence-electron chi connectivity index (χ4n) is 2.00. The van der Waals surface area contributed by atoms with Gasteiger partial charge in [0, 0.05) is 23.1 Å². The number of anilines is 1. The lowest BCUT2D eigenvalue weighted by atomic mass is 10.1. The molecule has 0 aliphatic carbocycles. The normalized spacial score (nSPS) is 10.3. The number of H-pyrrole nitrogens is 1. The molecule has 0 saturated heterocycles. The molecule has 2 N–H and O–H groups in total. The van der Waals surface area contributed by atoms with Crippen molar-refractivity contribution in [2.75, 3.05) is 12.4 Å². The highest BCUT2D eigenvalue weighted by atomic mass is 16.5. The number of aromatic nitrogens is 1. The van der Waals surface area contributed by atoms with E-state index >= 15 is 0 Å². The summed E-state index contributed by atoms with van der Waals surface area (Å²) in [6.07, 6.45) is 1.93. The van der Waals surface area contributed by atoms with Crippen LogP contribution in [0.15, 0.2) is 30.5 Å². The van der Waals surface area contributed by atoms with Crippen LogP contribution in [0.1, 0.15) is 16.8 Å². The lowest BCUT2D eigenvalue weighted by Crippen LogP contribution is -2.03. The van der Waals surface area contributed by atoms with Crippen molar-refractivity contribution < 1.29 is 4.74 Å². The van der Waals surface area contributed by atoms with E-state index in [1.165, 1.54) is 5.69 Å². The van der Waals surface area contributed by atoms with Crippen molar-refractivity contribution in [1.29, 1.82) is 0 Å². The lowest BCUT2D eigenvalue weighted by molar-refractivity contribution is 0.409. The molecular weight excluding hydrogens is 212 g/mol. The first kappa shape index (κ1) is 11.6. The second kappa shape index (κ2) is 4.95. The van der Waals surface area contributed by atoms with E-state index in [0.29, 0.717) is 0 Å². The highest BCUT2D eigenvalue weighted by Gasteiger charge is 2.07. The zero-order valence-corrected chi connectivity index (χ0v) is 10.5. The third-order valence-corrected chi connectivity index (χ3v) is 2.94. The Kier molecular flexibility index (Phi) is 3.38. The standard InChI is InChI=1S/C14H18N2O/c1-10-6-7-13(11(2)14(10)17-3)16-9-12-5-4-8-15-12/h4-8,15-16H,9H2,1-3H3. The Bertz CT molecular complexity index is 489. The van der Waals surface area contributed by atoms with Crippen LogP contribution >= 0.6 is 0 Å². The molecule has 0 atom stereocenters. The summed E-state index contributed by atoms with van der Waals surface area (Å²) < 4.78 is 5.41. The molecule has 17 heavy (non-hydrogen) atoms.